The lowest BCUT2D eigenvalue weighted by atomic mass is 9.88. The third-order valence-corrected chi connectivity index (χ3v) is 9.87. The zero-order valence-electron chi connectivity index (χ0n) is 22.9. The van der Waals surface area contributed by atoms with Crippen LogP contribution in [0, 0.1) is 25.7 Å². The number of benzene rings is 3. The fourth-order valence-corrected chi connectivity index (χ4v) is 7.36. The molecule has 0 spiro atoms. The van der Waals surface area contributed by atoms with Crippen molar-refractivity contribution in [3.63, 3.8) is 0 Å². The molecule has 3 aromatic carbocycles. The minimum absolute atomic E-state index is 0.0555. The van der Waals surface area contributed by atoms with Gasteiger partial charge in [0.1, 0.15) is 5.75 Å². The Morgan fingerprint density at radius 1 is 0.897 bits per heavy atom. The van der Waals surface area contributed by atoms with Gasteiger partial charge >= 0.3 is 0 Å². The first-order chi connectivity index (χ1) is 18.8. The highest BCUT2D eigenvalue weighted by molar-refractivity contribution is 7.89. The van der Waals surface area contributed by atoms with Crippen LogP contribution in [0.25, 0.3) is 0 Å². The van der Waals surface area contributed by atoms with Gasteiger partial charge in [-0.25, -0.2) is 8.42 Å². The molecule has 2 heterocycles. The van der Waals surface area contributed by atoms with E-state index in [1.807, 2.05) is 35.2 Å². The van der Waals surface area contributed by atoms with Gasteiger partial charge < -0.3 is 14.5 Å². The largest absolute Gasteiger partial charge is 0.497 e. The number of amides is 1. The number of ether oxygens (including phenoxy) is 1. The first kappa shape index (κ1) is 27.2. The summed E-state index contributed by atoms with van der Waals surface area (Å²) in [7, 11) is -2.25. The van der Waals surface area contributed by atoms with Crippen LogP contribution in [0.2, 0.25) is 0 Å². The molecule has 0 bridgehead atoms. The van der Waals surface area contributed by atoms with E-state index in [4.69, 9.17) is 4.74 Å². The molecule has 2 fully saturated rings. The number of methoxy groups -OCH3 is 1. The Balaban J connectivity index is 1.35. The summed E-state index contributed by atoms with van der Waals surface area (Å²) in [5, 5.41) is 0. The Kier molecular flexibility index (Phi) is 7.96. The molecule has 2 aliphatic rings. The topological polar surface area (TPSA) is 70.2 Å². The molecule has 0 aromatic heterocycles. The number of nitrogens with zero attached hydrogens (tertiary/aromatic N) is 3. The third-order valence-electron chi connectivity index (χ3n) is 8.04. The van der Waals surface area contributed by atoms with Crippen molar-refractivity contribution in [3.05, 3.63) is 89.5 Å². The normalized spacial score (nSPS) is 20.3. The number of piperazine rings is 1. The van der Waals surface area contributed by atoms with Crippen molar-refractivity contribution < 1.29 is 17.9 Å². The highest BCUT2D eigenvalue weighted by atomic mass is 32.2. The SMILES string of the molecule is COc1cccc(S(=O)(=O)N2C[C@@H](Cc3ccccc3)[C@H](C(=O)N3CCN(c4cc(C)ccc4C)CC3)C2)c1. The predicted octanol–water partition coefficient (Wildman–Crippen LogP) is 4.14. The summed E-state index contributed by atoms with van der Waals surface area (Å²) in [5.74, 6) is 0.0560. The molecule has 39 heavy (non-hydrogen) atoms. The summed E-state index contributed by atoms with van der Waals surface area (Å²) in [6.07, 6.45) is 0.657. The average Bonchev–Trinajstić information content (AvgIpc) is 3.39. The van der Waals surface area contributed by atoms with E-state index in [1.54, 1.807) is 24.3 Å². The molecular formula is C31H37N3O4S. The van der Waals surface area contributed by atoms with E-state index in [1.165, 1.54) is 28.2 Å². The molecule has 2 aliphatic heterocycles. The summed E-state index contributed by atoms with van der Waals surface area (Å²) >= 11 is 0. The maximum Gasteiger partial charge on any atom is 0.243 e. The number of aryl methyl sites for hydroxylation is 2. The Morgan fingerprint density at radius 2 is 1.64 bits per heavy atom. The molecule has 206 valence electrons. The molecule has 5 rings (SSSR count). The van der Waals surface area contributed by atoms with Crippen LogP contribution in [0.1, 0.15) is 16.7 Å². The van der Waals surface area contributed by atoms with Crippen molar-refractivity contribution in [1.82, 2.24) is 9.21 Å². The molecule has 0 N–H and O–H groups in total. The molecule has 0 unspecified atom stereocenters. The minimum Gasteiger partial charge on any atom is -0.497 e. The van der Waals surface area contributed by atoms with Crippen molar-refractivity contribution in [2.24, 2.45) is 11.8 Å². The molecule has 0 saturated carbocycles. The number of hydrogen-bond donors (Lipinski definition) is 0. The molecule has 2 saturated heterocycles. The monoisotopic (exact) mass is 547 g/mol. The number of rotatable bonds is 7. The number of sulfonamides is 1. The van der Waals surface area contributed by atoms with Crippen molar-refractivity contribution in [2.45, 2.75) is 25.2 Å². The van der Waals surface area contributed by atoms with Gasteiger partial charge in [0.05, 0.1) is 17.9 Å². The standard InChI is InChI=1S/C31H37N3O4S/c1-23-12-13-24(2)30(18-23)32-14-16-33(17-15-32)31(35)29-22-34(21-26(29)19-25-8-5-4-6-9-25)39(36,37)28-11-7-10-27(20-28)38-3/h4-13,18,20,26,29H,14-17,19,21-22H2,1-3H3/t26-,29-/m1/s1. The zero-order chi connectivity index (χ0) is 27.6. The van der Waals surface area contributed by atoms with Crippen LogP contribution in [-0.2, 0) is 21.2 Å². The molecule has 0 radical (unpaired) electrons. The lowest BCUT2D eigenvalue weighted by Crippen LogP contribution is -2.51. The fourth-order valence-electron chi connectivity index (χ4n) is 5.80. The van der Waals surface area contributed by atoms with Gasteiger partial charge in [0.15, 0.2) is 0 Å². The van der Waals surface area contributed by atoms with E-state index in [0.717, 1.165) is 18.7 Å². The van der Waals surface area contributed by atoms with Gasteiger partial charge in [0.25, 0.3) is 0 Å². The second-order valence-electron chi connectivity index (χ2n) is 10.7. The van der Waals surface area contributed by atoms with Gasteiger partial charge in [-0.15, -0.1) is 0 Å². The molecule has 1 amide bonds. The van der Waals surface area contributed by atoms with Crippen LogP contribution >= 0.6 is 0 Å². The molecule has 0 aliphatic carbocycles. The second-order valence-corrected chi connectivity index (χ2v) is 12.6. The second kappa shape index (κ2) is 11.4. The van der Waals surface area contributed by atoms with E-state index in [9.17, 15) is 13.2 Å². The van der Waals surface area contributed by atoms with Gasteiger partial charge in [-0.3, -0.25) is 4.79 Å². The van der Waals surface area contributed by atoms with Gasteiger partial charge in [-0.2, -0.15) is 4.31 Å². The van der Waals surface area contributed by atoms with Crippen LogP contribution in [0.5, 0.6) is 5.75 Å². The maximum absolute atomic E-state index is 13.9. The summed E-state index contributed by atoms with van der Waals surface area (Å²) in [4.78, 5) is 18.4. The van der Waals surface area contributed by atoms with Crippen molar-refractivity contribution >= 4 is 21.6 Å². The number of carbonyl (C=O) groups is 1. The Bertz CT molecular complexity index is 1420. The van der Waals surface area contributed by atoms with Crippen LogP contribution in [0.4, 0.5) is 5.69 Å². The van der Waals surface area contributed by atoms with Crippen molar-refractivity contribution in [1.29, 1.82) is 0 Å². The first-order valence-corrected chi connectivity index (χ1v) is 15.0. The molecule has 8 heteroatoms. The number of carbonyl (C=O) groups excluding carboxylic acids is 1. The maximum atomic E-state index is 13.9. The van der Waals surface area contributed by atoms with Crippen molar-refractivity contribution in [2.75, 3.05) is 51.3 Å². The van der Waals surface area contributed by atoms with Crippen LogP contribution < -0.4 is 9.64 Å². The van der Waals surface area contributed by atoms with Crippen LogP contribution in [-0.4, -0.2) is 69.9 Å². The lowest BCUT2D eigenvalue weighted by Gasteiger charge is -2.38. The van der Waals surface area contributed by atoms with E-state index in [2.05, 4.69) is 36.9 Å². The number of hydrogen-bond acceptors (Lipinski definition) is 5. The molecular weight excluding hydrogens is 510 g/mol. The molecule has 2 atom stereocenters. The summed E-state index contributed by atoms with van der Waals surface area (Å²) in [5.41, 5.74) is 4.79. The van der Waals surface area contributed by atoms with Gasteiger partial charge in [0, 0.05) is 51.0 Å². The van der Waals surface area contributed by atoms with Crippen molar-refractivity contribution in [3.8, 4) is 5.75 Å². The summed E-state index contributed by atoms with van der Waals surface area (Å²) in [6, 6.07) is 23.0. The first-order valence-electron chi connectivity index (χ1n) is 13.6. The fraction of sp³-hybridized carbons (Fsp3) is 0.387. The van der Waals surface area contributed by atoms with E-state index >= 15 is 0 Å². The van der Waals surface area contributed by atoms with Gasteiger partial charge in [-0.1, -0.05) is 48.5 Å². The highest BCUT2D eigenvalue weighted by Crippen LogP contribution is 2.34. The van der Waals surface area contributed by atoms with E-state index in [-0.39, 0.29) is 23.3 Å². The molecule has 7 nitrogen and oxygen atoms in total. The minimum atomic E-state index is -3.77. The zero-order valence-corrected chi connectivity index (χ0v) is 23.7. The van der Waals surface area contributed by atoms with E-state index in [0.29, 0.717) is 31.8 Å². The Morgan fingerprint density at radius 3 is 2.36 bits per heavy atom. The quantitative estimate of drug-likeness (QED) is 0.445. The van der Waals surface area contributed by atoms with Gasteiger partial charge in [-0.05, 0) is 61.1 Å². The Labute approximate surface area is 232 Å². The van der Waals surface area contributed by atoms with Crippen LogP contribution in [0.15, 0.2) is 77.7 Å². The Hall–Kier alpha value is -3.36. The summed E-state index contributed by atoms with van der Waals surface area (Å²) in [6.45, 7) is 7.50. The third kappa shape index (κ3) is 5.82. The van der Waals surface area contributed by atoms with E-state index < -0.39 is 15.9 Å². The average molecular weight is 548 g/mol. The summed E-state index contributed by atoms with van der Waals surface area (Å²) < 4.78 is 34.0. The highest BCUT2D eigenvalue weighted by Gasteiger charge is 2.44. The van der Waals surface area contributed by atoms with Crippen LogP contribution in [0.3, 0.4) is 0 Å². The predicted molar refractivity (Wildman–Crippen MR) is 154 cm³/mol. The number of anilines is 1. The van der Waals surface area contributed by atoms with Gasteiger partial charge in [0.2, 0.25) is 15.9 Å². The molecule has 3 aromatic rings. The smallest absolute Gasteiger partial charge is 0.243 e. The lowest BCUT2D eigenvalue weighted by molar-refractivity contribution is -0.136.